The molecule has 0 spiro atoms. The first-order chi connectivity index (χ1) is 8.95. The van der Waals surface area contributed by atoms with Gasteiger partial charge in [-0.1, -0.05) is 54.1 Å². The molecule has 90 valence electrons. The molecule has 0 aliphatic heterocycles. The Labute approximate surface area is 109 Å². The third kappa shape index (κ3) is 1.38. The second-order valence-corrected chi connectivity index (χ2v) is 5.60. The highest BCUT2D eigenvalue weighted by atomic mass is 14.4. The minimum absolute atomic E-state index is 0.639. The van der Waals surface area contributed by atoms with E-state index in [0.717, 1.165) is 5.92 Å². The summed E-state index contributed by atoms with van der Waals surface area (Å²) in [6.45, 7) is 0. The van der Waals surface area contributed by atoms with Crippen molar-refractivity contribution < 1.29 is 0 Å². The second-order valence-electron chi connectivity index (χ2n) is 5.60. The fraction of sp³-hybridized carbons (Fsp3) is 0.333. The van der Waals surface area contributed by atoms with Crippen LogP contribution >= 0.6 is 0 Å². The minimum Gasteiger partial charge on any atom is -0.0879 e. The van der Waals surface area contributed by atoms with Gasteiger partial charge in [-0.3, -0.25) is 0 Å². The minimum atomic E-state index is 0.639. The highest BCUT2D eigenvalue weighted by Crippen LogP contribution is 2.49. The summed E-state index contributed by atoms with van der Waals surface area (Å²) < 4.78 is 0. The number of rotatable bonds is 0. The molecule has 3 aliphatic rings. The number of hydrogen-bond donors (Lipinski definition) is 0. The van der Waals surface area contributed by atoms with Gasteiger partial charge in [-0.25, -0.2) is 0 Å². The van der Waals surface area contributed by atoms with E-state index in [1.165, 1.54) is 36.8 Å². The van der Waals surface area contributed by atoms with Crippen molar-refractivity contribution in [3.05, 3.63) is 65.3 Å². The largest absolute Gasteiger partial charge is 0.0879 e. The van der Waals surface area contributed by atoms with Crippen LogP contribution in [0.5, 0.6) is 0 Å². The zero-order chi connectivity index (χ0) is 11.9. The van der Waals surface area contributed by atoms with E-state index >= 15 is 0 Å². The molecule has 0 saturated heterocycles. The van der Waals surface area contributed by atoms with Gasteiger partial charge in [0, 0.05) is 5.92 Å². The van der Waals surface area contributed by atoms with Gasteiger partial charge in [0.05, 0.1) is 0 Å². The predicted molar refractivity (Wildman–Crippen MR) is 76.3 cm³/mol. The van der Waals surface area contributed by atoms with E-state index in [1.54, 1.807) is 11.1 Å². The van der Waals surface area contributed by atoms with Crippen molar-refractivity contribution in [2.45, 2.75) is 31.6 Å². The SMILES string of the molecule is C1=CC2=C(CC1)C1CCC=CC1c1ccccc12. The Balaban J connectivity index is 1.98. The normalized spacial score (nSPS) is 28.7. The lowest BCUT2D eigenvalue weighted by Crippen LogP contribution is -2.23. The number of hydrogen-bond acceptors (Lipinski definition) is 0. The molecule has 0 saturated carbocycles. The molecule has 0 heterocycles. The Morgan fingerprint density at radius 2 is 1.94 bits per heavy atom. The van der Waals surface area contributed by atoms with Crippen LogP contribution in [0.1, 0.15) is 42.7 Å². The van der Waals surface area contributed by atoms with E-state index < -0.39 is 0 Å². The Kier molecular flexibility index (Phi) is 2.29. The molecule has 0 bridgehead atoms. The average molecular weight is 234 g/mol. The maximum absolute atomic E-state index is 2.45. The molecule has 0 radical (unpaired) electrons. The van der Waals surface area contributed by atoms with Crippen molar-refractivity contribution in [2.24, 2.45) is 5.92 Å². The molecular formula is C18H18. The summed E-state index contributed by atoms with van der Waals surface area (Å²) in [4.78, 5) is 0. The van der Waals surface area contributed by atoms with Crippen molar-refractivity contribution in [3.8, 4) is 0 Å². The van der Waals surface area contributed by atoms with Crippen molar-refractivity contribution in [1.29, 1.82) is 0 Å². The fourth-order valence-corrected chi connectivity index (χ4v) is 3.91. The van der Waals surface area contributed by atoms with E-state index in [2.05, 4.69) is 48.6 Å². The van der Waals surface area contributed by atoms with Gasteiger partial charge in [-0.05, 0) is 48.3 Å². The second kappa shape index (κ2) is 3.98. The molecule has 0 amide bonds. The first-order valence-corrected chi connectivity index (χ1v) is 7.11. The maximum atomic E-state index is 2.45. The summed E-state index contributed by atoms with van der Waals surface area (Å²) in [5, 5.41) is 0. The lowest BCUT2D eigenvalue weighted by molar-refractivity contribution is 0.472. The molecule has 18 heavy (non-hydrogen) atoms. The molecule has 0 nitrogen and oxygen atoms in total. The Morgan fingerprint density at radius 1 is 1.00 bits per heavy atom. The Morgan fingerprint density at radius 3 is 2.94 bits per heavy atom. The molecule has 1 aromatic carbocycles. The first kappa shape index (κ1) is 10.4. The quantitative estimate of drug-likeness (QED) is 0.563. The average Bonchev–Trinajstić information content (AvgIpc) is 2.48. The van der Waals surface area contributed by atoms with Crippen LogP contribution in [0.3, 0.4) is 0 Å². The van der Waals surface area contributed by atoms with E-state index in [-0.39, 0.29) is 0 Å². The lowest BCUT2D eigenvalue weighted by atomic mass is 9.66. The smallest absolute Gasteiger partial charge is 0.00900 e. The van der Waals surface area contributed by atoms with Crippen LogP contribution < -0.4 is 0 Å². The van der Waals surface area contributed by atoms with E-state index in [1.807, 2.05) is 0 Å². The van der Waals surface area contributed by atoms with Crippen LogP contribution in [0.25, 0.3) is 5.57 Å². The molecule has 2 unspecified atom stereocenters. The van der Waals surface area contributed by atoms with Crippen LogP contribution in [0.2, 0.25) is 0 Å². The van der Waals surface area contributed by atoms with E-state index in [9.17, 15) is 0 Å². The summed E-state index contributed by atoms with van der Waals surface area (Å²) in [7, 11) is 0. The first-order valence-electron chi connectivity index (χ1n) is 7.11. The summed E-state index contributed by atoms with van der Waals surface area (Å²) in [6.07, 6.45) is 14.6. The van der Waals surface area contributed by atoms with Gasteiger partial charge in [-0.2, -0.15) is 0 Å². The fourth-order valence-electron chi connectivity index (χ4n) is 3.91. The van der Waals surface area contributed by atoms with Crippen molar-refractivity contribution in [3.63, 3.8) is 0 Å². The molecule has 1 aromatic rings. The zero-order valence-corrected chi connectivity index (χ0v) is 10.6. The lowest BCUT2D eigenvalue weighted by Gasteiger charge is -2.38. The van der Waals surface area contributed by atoms with Gasteiger partial charge < -0.3 is 0 Å². The molecular weight excluding hydrogens is 216 g/mol. The van der Waals surface area contributed by atoms with Crippen molar-refractivity contribution in [2.75, 3.05) is 0 Å². The standard InChI is InChI=1S/C18H18/c1-2-8-14-13(7-1)15-9-3-4-11-17(15)18-12-6-5-10-16(14)18/h1-3,5,7-10,15,17H,4,6,11-12H2. The number of fused-ring (bicyclic) bond motifs is 5. The summed E-state index contributed by atoms with van der Waals surface area (Å²) in [5.41, 5.74) is 6.29. The van der Waals surface area contributed by atoms with Crippen LogP contribution in [0.15, 0.2) is 54.1 Å². The van der Waals surface area contributed by atoms with Gasteiger partial charge in [-0.15, -0.1) is 0 Å². The highest BCUT2D eigenvalue weighted by Gasteiger charge is 2.34. The summed E-state index contributed by atoms with van der Waals surface area (Å²) in [5.74, 6) is 1.41. The van der Waals surface area contributed by atoms with Crippen LogP contribution in [0, 0.1) is 5.92 Å². The Hall–Kier alpha value is -1.56. The summed E-state index contributed by atoms with van der Waals surface area (Å²) >= 11 is 0. The van der Waals surface area contributed by atoms with E-state index in [4.69, 9.17) is 0 Å². The Bertz CT molecular complexity index is 571. The highest BCUT2D eigenvalue weighted by molar-refractivity contribution is 5.82. The molecule has 3 aliphatic carbocycles. The van der Waals surface area contributed by atoms with Crippen LogP contribution in [0.4, 0.5) is 0 Å². The van der Waals surface area contributed by atoms with E-state index in [0.29, 0.717) is 5.92 Å². The third-order valence-corrected chi connectivity index (χ3v) is 4.69. The number of benzene rings is 1. The third-order valence-electron chi connectivity index (χ3n) is 4.69. The van der Waals surface area contributed by atoms with Gasteiger partial charge in [0.1, 0.15) is 0 Å². The molecule has 0 N–H and O–H groups in total. The zero-order valence-electron chi connectivity index (χ0n) is 10.6. The topological polar surface area (TPSA) is 0 Å². The molecule has 0 aromatic heterocycles. The maximum Gasteiger partial charge on any atom is 0.00900 e. The number of allylic oxidation sites excluding steroid dienone is 6. The van der Waals surface area contributed by atoms with Crippen LogP contribution in [-0.2, 0) is 0 Å². The van der Waals surface area contributed by atoms with Crippen molar-refractivity contribution in [1.82, 2.24) is 0 Å². The van der Waals surface area contributed by atoms with Crippen molar-refractivity contribution >= 4 is 5.57 Å². The molecule has 4 rings (SSSR count). The van der Waals surface area contributed by atoms with Gasteiger partial charge >= 0.3 is 0 Å². The summed E-state index contributed by atoms with van der Waals surface area (Å²) in [6, 6.07) is 9.00. The van der Waals surface area contributed by atoms with Gasteiger partial charge in [0.2, 0.25) is 0 Å². The van der Waals surface area contributed by atoms with Gasteiger partial charge in [0.25, 0.3) is 0 Å². The predicted octanol–water partition coefficient (Wildman–Crippen LogP) is 4.85. The molecule has 0 fully saturated rings. The molecule has 0 heteroatoms. The van der Waals surface area contributed by atoms with Gasteiger partial charge in [0.15, 0.2) is 0 Å². The van der Waals surface area contributed by atoms with Crippen LogP contribution in [-0.4, -0.2) is 0 Å². The molecule has 2 atom stereocenters. The monoisotopic (exact) mass is 234 g/mol.